The Morgan fingerprint density at radius 2 is 2.12 bits per heavy atom. The maximum atomic E-state index is 11.6. The molecule has 3 heteroatoms. The van der Waals surface area contributed by atoms with E-state index in [1.807, 2.05) is 18.2 Å². The molecule has 1 aromatic carbocycles. The quantitative estimate of drug-likeness (QED) is 0.811. The minimum Gasteiger partial charge on any atom is -0.465 e. The van der Waals surface area contributed by atoms with E-state index in [-0.39, 0.29) is 5.97 Å². The predicted octanol–water partition coefficient (Wildman–Crippen LogP) is 2.36. The van der Waals surface area contributed by atoms with E-state index in [0.29, 0.717) is 17.0 Å². The monoisotopic (exact) mass is 233 g/mol. The molecule has 92 valence electrons. The molecular weight excluding hydrogens is 214 g/mol. The molecule has 3 nitrogen and oxygen atoms in total. The highest BCUT2D eigenvalue weighted by atomic mass is 16.5. The van der Waals surface area contributed by atoms with Gasteiger partial charge in [-0.25, -0.2) is 4.79 Å². The van der Waals surface area contributed by atoms with E-state index in [4.69, 9.17) is 4.74 Å². The topological polar surface area (TPSA) is 38.3 Å². The van der Waals surface area contributed by atoms with Crippen LogP contribution >= 0.6 is 0 Å². The van der Waals surface area contributed by atoms with E-state index in [0.717, 1.165) is 12.1 Å². The van der Waals surface area contributed by atoms with Gasteiger partial charge >= 0.3 is 5.97 Å². The minimum atomic E-state index is -0.266. The molecule has 0 bridgehead atoms. The van der Waals surface area contributed by atoms with Crippen LogP contribution in [0.2, 0.25) is 0 Å². The van der Waals surface area contributed by atoms with Crippen molar-refractivity contribution in [2.24, 2.45) is 5.41 Å². The second-order valence-electron chi connectivity index (χ2n) is 5.27. The molecule has 1 fully saturated rings. The van der Waals surface area contributed by atoms with Crippen molar-refractivity contribution in [3.05, 3.63) is 35.4 Å². The van der Waals surface area contributed by atoms with Gasteiger partial charge in [0, 0.05) is 12.6 Å². The van der Waals surface area contributed by atoms with Gasteiger partial charge in [-0.1, -0.05) is 32.0 Å². The Morgan fingerprint density at radius 1 is 1.47 bits per heavy atom. The second-order valence-corrected chi connectivity index (χ2v) is 5.27. The Bertz CT molecular complexity index is 426. The third-order valence-electron chi connectivity index (χ3n) is 3.48. The number of hydrogen-bond donors (Lipinski definition) is 1. The first-order valence-electron chi connectivity index (χ1n) is 5.94. The molecule has 0 heterocycles. The van der Waals surface area contributed by atoms with Crippen LogP contribution in [-0.4, -0.2) is 19.1 Å². The smallest absolute Gasteiger partial charge is 0.338 e. The molecule has 0 spiro atoms. The number of esters is 1. The first-order chi connectivity index (χ1) is 8.04. The van der Waals surface area contributed by atoms with Crippen LogP contribution in [0.15, 0.2) is 24.3 Å². The average Bonchev–Trinajstić information content (AvgIpc) is 2.94. The molecule has 1 saturated carbocycles. The maximum absolute atomic E-state index is 11.6. The van der Waals surface area contributed by atoms with Crippen molar-refractivity contribution < 1.29 is 9.53 Å². The summed E-state index contributed by atoms with van der Waals surface area (Å²) in [7, 11) is 1.41. The lowest BCUT2D eigenvalue weighted by Crippen LogP contribution is -2.21. The van der Waals surface area contributed by atoms with Gasteiger partial charge in [0.1, 0.15) is 0 Å². The number of benzene rings is 1. The number of methoxy groups -OCH3 is 1. The highest BCUT2D eigenvalue weighted by molar-refractivity contribution is 5.90. The van der Waals surface area contributed by atoms with Gasteiger partial charge in [-0.05, 0) is 23.5 Å². The summed E-state index contributed by atoms with van der Waals surface area (Å²) in [5.41, 5.74) is 2.06. The van der Waals surface area contributed by atoms with Gasteiger partial charge in [-0.3, -0.25) is 0 Å². The van der Waals surface area contributed by atoms with Crippen molar-refractivity contribution in [3.8, 4) is 0 Å². The Hall–Kier alpha value is -1.35. The average molecular weight is 233 g/mol. The van der Waals surface area contributed by atoms with E-state index in [1.165, 1.54) is 13.5 Å². The van der Waals surface area contributed by atoms with Gasteiger partial charge in [0.15, 0.2) is 0 Å². The van der Waals surface area contributed by atoms with Gasteiger partial charge in [0.05, 0.1) is 12.7 Å². The van der Waals surface area contributed by atoms with Crippen molar-refractivity contribution >= 4 is 5.97 Å². The number of rotatable bonds is 4. The zero-order chi connectivity index (χ0) is 12.5. The van der Waals surface area contributed by atoms with Gasteiger partial charge in [-0.2, -0.15) is 0 Å². The Balaban J connectivity index is 2.03. The molecule has 0 radical (unpaired) electrons. The van der Waals surface area contributed by atoms with Crippen LogP contribution in [0.3, 0.4) is 0 Å². The molecule has 0 aromatic heterocycles. The van der Waals surface area contributed by atoms with Crippen molar-refractivity contribution in [1.29, 1.82) is 0 Å². The van der Waals surface area contributed by atoms with Crippen molar-refractivity contribution in [3.63, 3.8) is 0 Å². The first-order valence-corrected chi connectivity index (χ1v) is 5.94. The van der Waals surface area contributed by atoms with E-state index in [9.17, 15) is 4.79 Å². The Morgan fingerprint density at radius 3 is 2.71 bits per heavy atom. The Labute approximate surface area is 102 Å². The van der Waals surface area contributed by atoms with Crippen LogP contribution < -0.4 is 5.32 Å². The summed E-state index contributed by atoms with van der Waals surface area (Å²) in [5.74, 6) is -0.266. The van der Waals surface area contributed by atoms with Crippen LogP contribution in [0.4, 0.5) is 0 Å². The molecule has 1 unspecified atom stereocenters. The summed E-state index contributed by atoms with van der Waals surface area (Å²) < 4.78 is 4.77. The Kier molecular flexibility index (Phi) is 3.20. The molecule has 1 N–H and O–H groups in total. The number of ether oxygens (including phenoxy) is 1. The predicted molar refractivity (Wildman–Crippen MR) is 66.8 cm³/mol. The summed E-state index contributed by atoms with van der Waals surface area (Å²) in [6, 6.07) is 8.14. The van der Waals surface area contributed by atoms with Gasteiger partial charge in [-0.15, -0.1) is 0 Å². The van der Waals surface area contributed by atoms with Crippen LogP contribution in [0, 0.1) is 5.41 Å². The SMILES string of the molecule is COC(=O)c1ccccc1CNC1CC1(C)C. The van der Waals surface area contributed by atoms with Crippen molar-refractivity contribution in [1.82, 2.24) is 5.32 Å². The van der Waals surface area contributed by atoms with Gasteiger partial charge < -0.3 is 10.1 Å². The number of carbonyl (C=O) groups is 1. The molecule has 17 heavy (non-hydrogen) atoms. The molecule has 1 aliphatic carbocycles. The first kappa shape index (κ1) is 12.1. The summed E-state index contributed by atoms with van der Waals surface area (Å²) >= 11 is 0. The molecule has 2 rings (SSSR count). The molecular formula is C14H19NO2. The van der Waals surface area contributed by atoms with E-state index in [1.54, 1.807) is 6.07 Å². The third kappa shape index (κ3) is 2.67. The number of carbonyl (C=O) groups excluding carboxylic acids is 1. The highest BCUT2D eigenvalue weighted by Gasteiger charge is 2.45. The fourth-order valence-corrected chi connectivity index (χ4v) is 2.03. The lowest BCUT2D eigenvalue weighted by molar-refractivity contribution is 0.0599. The molecule has 0 aliphatic heterocycles. The van der Waals surface area contributed by atoms with E-state index in [2.05, 4.69) is 19.2 Å². The summed E-state index contributed by atoms with van der Waals surface area (Å²) in [5, 5.41) is 3.47. The maximum Gasteiger partial charge on any atom is 0.338 e. The van der Waals surface area contributed by atoms with Crippen LogP contribution in [-0.2, 0) is 11.3 Å². The number of nitrogens with one attached hydrogen (secondary N) is 1. The second kappa shape index (κ2) is 4.49. The zero-order valence-electron chi connectivity index (χ0n) is 10.6. The summed E-state index contributed by atoms with van der Waals surface area (Å²) in [6.45, 7) is 5.22. The zero-order valence-corrected chi connectivity index (χ0v) is 10.6. The number of hydrogen-bond acceptors (Lipinski definition) is 3. The van der Waals surface area contributed by atoms with Crippen molar-refractivity contribution in [2.45, 2.75) is 32.9 Å². The van der Waals surface area contributed by atoms with Crippen LogP contribution in [0.25, 0.3) is 0 Å². The fourth-order valence-electron chi connectivity index (χ4n) is 2.03. The molecule has 1 atom stereocenters. The largest absolute Gasteiger partial charge is 0.465 e. The molecule has 1 aliphatic rings. The van der Waals surface area contributed by atoms with E-state index < -0.39 is 0 Å². The fraction of sp³-hybridized carbons (Fsp3) is 0.500. The van der Waals surface area contributed by atoms with Gasteiger partial charge in [0.25, 0.3) is 0 Å². The highest BCUT2D eigenvalue weighted by Crippen LogP contribution is 2.44. The normalized spacial score (nSPS) is 21.0. The summed E-state index contributed by atoms with van der Waals surface area (Å²) in [6.07, 6.45) is 1.20. The molecule has 1 aromatic rings. The van der Waals surface area contributed by atoms with Crippen LogP contribution in [0.5, 0.6) is 0 Å². The lowest BCUT2D eigenvalue weighted by atomic mass is 10.1. The molecule has 0 saturated heterocycles. The van der Waals surface area contributed by atoms with E-state index >= 15 is 0 Å². The van der Waals surface area contributed by atoms with Crippen molar-refractivity contribution in [2.75, 3.05) is 7.11 Å². The lowest BCUT2D eigenvalue weighted by Gasteiger charge is -2.10. The minimum absolute atomic E-state index is 0.266. The third-order valence-corrected chi connectivity index (χ3v) is 3.48. The summed E-state index contributed by atoms with van der Waals surface area (Å²) in [4.78, 5) is 11.6. The van der Waals surface area contributed by atoms with Crippen LogP contribution in [0.1, 0.15) is 36.2 Å². The van der Waals surface area contributed by atoms with Gasteiger partial charge in [0.2, 0.25) is 0 Å². The molecule has 0 amide bonds. The standard InChI is InChI=1S/C14H19NO2/c1-14(2)8-12(14)15-9-10-6-4-5-7-11(10)13(16)17-3/h4-7,12,15H,8-9H2,1-3H3.